The van der Waals surface area contributed by atoms with Crippen molar-refractivity contribution in [3.05, 3.63) is 77.6 Å². The van der Waals surface area contributed by atoms with E-state index in [0.717, 1.165) is 48.2 Å². The number of hydrogen-bond acceptors (Lipinski definition) is 2. The summed E-state index contributed by atoms with van der Waals surface area (Å²) in [4.78, 5) is 14.5. The Balaban J connectivity index is 1.57. The summed E-state index contributed by atoms with van der Waals surface area (Å²) < 4.78 is 18.5. The summed E-state index contributed by atoms with van der Waals surface area (Å²) in [7, 11) is 0. The van der Waals surface area contributed by atoms with Gasteiger partial charge in [0.15, 0.2) is 0 Å². The van der Waals surface area contributed by atoms with Crippen LogP contribution in [0.2, 0.25) is 0 Å². The van der Waals surface area contributed by atoms with E-state index >= 15 is 0 Å². The standard InChI is InChI=1S/C21H22FNO2/c1-2-14-25-19-9-10-20-17(15-19)11-13-23(21(20)24)12-3-4-16-5-7-18(22)8-6-16/h2,5-10,15H,1,3-4,11-14H2. The highest BCUT2D eigenvalue weighted by molar-refractivity contribution is 5.96. The van der Waals surface area contributed by atoms with E-state index in [4.69, 9.17) is 4.74 Å². The minimum atomic E-state index is -0.219. The molecule has 0 bridgehead atoms. The summed E-state index contributed by atoms with van der Waals surface area (Å²) in [6.45, 7) is 5.53. The molecule has 130 valence electrons. The second-order valence-corrected chi connectivity index (χ2v) is 6.19. The number of nitrogens with zero attached hydrogens (tertiary/aromatic N) is 1. The lowest BCUT2D eigenvalue weighted by molar-refractivity contribution is 0.0738. The number of benzene rings is 2. The highest BCUT2D eigenvalue weighted by Crippen LogP contribution is 2.24. The molecule has 1 amide bonds. The van der Waals surface area contributed by atoms with Gasteiger partial charge in [0.1, 0.15) is 18.2 Å². The molecule has 0 spiro atoms. The maximum absolute atomic E-state index is 12.9. The zero-order chi connectivity index (χ0) is 17.6. The molecule has 2 aromatic rings. The van der Waals surface area contributed by atoms with Crippen molar-refractivity contribution < 1.29 is 13.9 Å². The Morgan fingerprint density at radius 1 is 1.20 bits per heavy atom. The van der Waals surface area contributed by atoms with Crippen LogP contribution in [0.3, 0.4) is 0 Å². The van der Waals surface area contributed by atoms with Crippen molar-refractivity contribution in [1.29, 1.82) is 0 Å². The third-order valence-corrected chi connectivity index (χ3v) is 4.42. The number of hydrogen-bond donors (Lipinski definition) is 0. The van der Waals surface area contributed by atoms with E-state index in [0.29, 0.717) is 13.2 Å². The maximum atomic E-state index is 12.9. The van der Waals surface area contributed by atoms with Crippen molar-refractivity contribution in [2.45, 2.75) is 19.3 Å². The van der Waals surface area contributed by atoms with Gasteiger partial charge < -0.3 is 9.64 Å². The fourth-order valence-electron chi connectivity index (χ4n) is 3.10. The molecule has 0 saturated carbocycles. The van der Waals surface area contributed by atoms with Gasteiger partial charge in [0.25, 0.3) is 5.91 Å². The molecule has 1 heterocycles. The largest absolute Gasteiger partial charge is 0.490 e. The summed E-state index contributed by atoms with van der Waals surface area (Å²) in [5, 5.41) is 0. The van der Waals surface area contributed by atoms with Crippen LogP contribution in [-0.2, 0) is 12.8 Å². The van der Waals surface area contributed by atoms with Crippen molar-refractivity contribution >= 4 is 5.91 Å². The Labute approximate surface area is 147 Å². The summed E-state index contributed by atoms with van der Waals surface area (Å²) in [5.74, 6) is 0.634. The Morgan fingerprint density at radius 2 is 2.00 bits per heavy atom. The number of halogens is 1. The molecular formula is C21H22FNO2. The Bertz CT molecular complexity index is 755. The van der Waals surface area contributed by atoms with Gasteiger partial charge >= 0.3 is 0 Å². The van der Waals surface area contributed by atoms with Crippen molar-refractivity contribution in [1.82, 2.24) is 4.90 Å². The second-order valence-electron chi connectivity index (χ2n) is 6.19. The molecule has 0 unspecified atom stereocenters. The molecule has 0 atom stereocenters. The van der Waals surface area contributed by atoms with Crippen molar-refractivity contribution in [3.8, 4) is 5.75 Å². The van der Waals surface area contributed by atoms with E-state index in [9.17, 15) is 9.18 Å². The normalized spacial score (nSPS) is 13.5. The number of aryl methyl sites for hydroxylation is 1. The van der Waals surface area contributed by atoms with E-state index in [-0.39, 0.29) is 11.7 Å². The SMILES string of the molecule is C=CCOc1ccc2c(c1)CCN(CCCc1ccc(F)cc1)C2=O. The van der Waals surface area contributed by atoms with Crippen LogP contribution in [0, 0.1) is 5.82 Å². The monoisotopic (exact) mass is 339 g/mol. The topological polar surface area (TPSA) is 29.5 Å². The van der Waals surface area contributed by atoms with E-state index in [1.54, 1.807) is 18.2 Å². The molecule has 0 saturated heterocycles. The molecule has 0 radical (unpaired) electrons. The predicted molar refractivity (Wildman–Crippen MR) is 96.5 cm³/mol. The Morgan fingerprint density at radius 3 is 2.76 bits per heavy atom. The third-order valence-electron chi connectivity index (χ3n) is 4.42. The lowest BCUT2D eigenvalue weighted by Crippen LogP contribution is -2.38. The zero-order valence-electron chi connectivity index (χ0n) is 14.2. The van der Waals surface area contributed by atoms with Crippen LogP contribution in [-0.4, -0.2) is 30.5 Å². The van der Waals surface area contributed by atoms with Crippen LogP contribution in [0.5, 0.6) is 5.75 Å². The van der Waals surface area contributed by atoms with Gasteiger partial charge in [-0.25, -0.2) is 4.39 Å². The van der Waals surface area contributed by atoms with E-state index in [1.165, 1.54) is 12.1 Å². The number of ether oxygens (including phenoxy) is 1. The Hall–Kier alpha value is -2.62. The number of amides is 1. The van der Waals surface area contributed by atoms with Crippen LogP contribution in [0.1, 0.15) is 27.9 Å². The van der Waals surface area contributed by atoms with E-state index in [2.05, 4.69) is 6.58 Å². The molecular weight excluding hydrogens is 317 g/mol. The van der Waals surface area contributed by atoms with Gasteiger partial charge in [-0.2, -0.15) is 0 Å². The van der Waals surface area contributed by atoms with Crippen LogP contribution < -0.4 is 4.74 Å². The van der Waals surface area contributed by atoms with Gasteiger partial charge in [0.2, 0.25) is 0 Å². The quantitative estimate of drug-likeness (QED) is 0.713. The summed E-state index contributed by atoms with van der Waals surface area (Å²) in [6.07, 6.45) is 4.24. The lowest BCUT2D eigenvalue weighted by Gasteiger charge is -2.29. The average molecular weight is 339 g/mol. The van der Waals surface area contributed by atoms with Crippen molar-refractivity contribution in [2.75, 3.05) is 19.7 Å². The van der Waals surface area contributed by atoms with Gasteiger partial charge in [-0.3, -0.25) is 4.79 Å². The van der Waals surface area contributed by atoms with Crippen LogP contribution in [0.4, 0.5) is 4.39 Å². The van der Waals surface area contributed by atoms with Gasteiger partial charge in [0.05, 0.1) is 0 Å². The zero-order valence-corrected chi connectivity index (χ0v) is 14.2. The molecule has 2 aromatic carbocycles. The molecule has 1 aliphatic heterocycles. The molecule has 0 N–H and O–H groups in total. The smallest absolute Gasteiger partial charge is 0.254 e. The average Bonchev–Trinajstić information content (AvgIpc) is 2.63. The number of carbonyl (C=O) groups is 1. The first-order valence-corrected chi connectivity index (χ1v) is 8.57. The summed E-state index contributed by atoms with van der Waals surface area (Å²) in [5.41, 5.74) is 2.90. The minimum absolute atomic E-state index is 0.0793. The van der Waals surface area contributed by atoms with Gasteiger partial charge in [-0.15, -0.1) is 0 Å². The summed E-state index contributed by atoms with van der Waals surface area (Å²) >= 11 is 0. The molecule has 1 aliphatic rings. The van der Waals surface area contributed by atoms with Crippen molar-refractivity contribution in [2.24, 2.45) is 0 Å². The second kappa shape index (κ2) is 7.97. The van der Waals surface area contributed by atoms with E-state index in [1.807, 2.05) is 23.1 Å². The first-order valence-electron chi connectivity index (χ1n) is 8.57. The molecule has 3 nitrogen and oxygen atoms in total. The van der Waals surface area contributed by atoms with Gasteiger partial charge in [-0.05, 0) is 60.7 Å². The van der Waals surface area contributed by atoms with Gasteiger partial charge in [0, 0.05) is 18.7 Å². The molecule has 4 heteroatoms. The molecule has 0 aromatic heterocycles. The lowest BCUT2D eigenvalue weighted by atomic mass is 9.98. The van der Waals surface area contributed by atoms with Crippen LogP contribution in [0.25, 0.3) is 0 Å². The number of carbonyl (C=O) groups excluding carboxylic acids is 1. The van der Waals surface area contributed by atoms with Crippen LogP contribution >= 0.6 is 0 Å². The highest BCUT2D eigenvalue weighted by atomic mass is 19.1. The molecule has 0 aliphatic carbocycles. The van der Waals surface area contributed by atoms with Crippen molar-refractivity contribution in [3.63, 3.8) is 0 Å². The van der Waals surface area contributed by atoms with Crippen LogP contribution in [0.15, 0.2) is 55.1 Å². The highest BCUT2D eigenvalue weighted by Gasteiger charge is 2.24. The molecule has 0 fully saturated rings. The first-order chi connectivity index (χ1) is 12.2. The minimum Gasteiger partial charge on any atom is -0.490 e. The fraction of sp³-hybridized carbons (Fsp3) is 0.286. The predicted octanol–water partition coefficient (Wildman–Crippen LogP) is 4.02. The molecule has 25 heavy (non-hydrogen) atoms. The number of fused-ring (bicyclic) bond motifs is 1. The van der Waals surface area contributed by atoms with Gasteiger partial charge in [-0.1, -0.05) is 24.8 Å². The van der Waals surface area contributed by atoms with E-state index < -0.39 is 0 Å². The summed E-state index contributed by atoms with van der Waals surface area (Å²) in [6, 6.07) is 12.2. The fourth-order valence-corrected chi connectivity index (χ4v) is 3.10. The number of rotatable bonds is 7. The molecule has 3 rings (SSSR count). The maximum Gasteiger partial charge on any atom is 0.254 e. The first kappa shape index (κ1) is 17.2. The third kappa shape index (κ3) is 4.27. The Kier molecular flexibility index (Phi) is 5.49.